The predicted octanol–water partition coefficient (Wildman–Crippen LogP) is 22.7. The minimum absolute atomic E-state index is 0.0688. The molecule has 0 aliphatic carbocycles. The van der Waals surface area contributed by atoms with Crippen LogP contribution >= 0.6 is 0 Å². The Labute approximate surface area is 472 Å². The zero-order valence-electron chi connectivity index (χ0n) is 50.8. The maximum Gasteiger partial charge on any atom is 0.306 e. The molecule has 1 atom stereocenters. The van der Waals surface area contributed by atoms with Gasteiger partial charge in [0.25, 0.3) is 0 Å². The fraction of sp³-hybridized carbons (Fsp3) is 0.814. The summed E-state index contributed by atoms with van der Waals surface area (Å²) >= 11 is 0. The summed E-state index contributed by atoms with van der Waals surface area (Å²) in [5.41, 5.74) is 0. The highest BCUT2D eigenvalue weighted by Gasteiger charge is 2.19. The lowest BCUT2D eigenvalue weighted by Gasteiger charge is -2.18. The fourth-order valence-corrected chi connectivity index (χ4v) is 9.83. The van der Waals surface area contributed by atoms with E-state index < -0.39 is 6.10 Å². The van der Waals surface area contributed by atoms with Crippen LogP contribution in [0.5, 0.6) is 0 Å². The second-order valence-electron chi connectivity index (χ2n) is 22.4. The van der Waals surface area contributed by atoms with Crippen LogP contribution < -0.4 is 0 Å². The van der Waals surface area contributed by atoms with Gasteiger partial charge in [-0.05, 0) is 64.2 Å². The molecule has 0 rings (SSSR count). The van der Waals surface area contributed by atoms with Gasteiger partial charge in [-0.15, -0.1) is 0 Å². The molecule has 6 nitrogen and oxygen atoms in total. The Balaban J connectivity index is 4.27. The van der Waals surface area contributed by atoms with Crippen LogP contribution in [0.15, 0.2) is 60.8 Å². The smallest absolute Gasteiger partial charge is 0.306 e. The van der Waals surface area contributed by atoms with Gasteiger partial charge >= 0.3 is 17.9 Å². The van der Waals surface area contributed by atoms with Gasteiger partial charge in [0.2, 0.25) is 0 Å². The van der Waals surface area contributed by atoms with Gasteiger partial charge in [0.05, 0.1) is 0 Å². The topological polar surface area (TPSA) is 78.9 Å². The molecule has 0 bridgehead atoms. The van der Waals surface area contributed by atoms with E-state index in [1.807, 2.05) is 0 Å². The minimum Gasteiger partial charge on any atom is -0.462 e. The second-order valence-corrected chi connectivity index (χ2v) is 22.4. The van der Waals surface area contributed by atoms with Crippen LogP contribution in [-0.4, -0.2) is 37.2 Å². The van der Waals surface area contributed by atoms with Crippen molar-refractivity contribution in [2.24, 2.45) is 0 Å². The number of allylic oxidation sites excluding steroid dienone is 10. The molecule has 0 radical (unpaired) electrons. The van der Waals surface area contributed by atoms with Crippen LogP contribution in [0, 0.1) is 0 Å². The zero-order valence-corrected chi connectivity index (χ0v) is 50.8. The van der Waals surface area contributed by atoms with E-state index in [0.717, 1.165) is 89.9 Å². The SMILES string of the molecule is CC/C=C\C/C=C\C/C=C\C/C=C\C/C=C\CCCCCCCCCCCCCC(=O)OCC(COC(=O)CCCCCCCCCCCCCCCCC)OC(=O)CCCCCCCCCCCCCCCCCC. The van der Waals surface area contributed by atoms with Crippen molar-refractivity contribution in [2.75, 3.05) is 13.2 Å². The Hall–Kier alpha value is -2.89. The maximum absolute atomic E-state index is 12.9. The van der Waals surface area contributed by atoms with Crippen LogP contribution in [0.25, 0.3) is 0 Å². The molecule has 0 aliphatic rings. The number of unbranched alkanes of at least 4 members (excludes halogenated alkanes) is 40. The minimum atomic E-state index is -0.772. The van der Waals surface area contributed by atoms with E-state index >= 15 is 0 Å². The van der Waals surface area contributed by atoms with E-state index in [4.69, 9.17) is 14.2 Å². The van der Waals surface area contributed by atoms with Crippen molar-refractivity contribution < 1.29 is 28.6 Å². The Morgan fingerprint density at radius 1 is 0.276 bits per heavy atom. The first-order valence-electron chi connectivity index (χ1n) is 33.3. The number of ether oxygens (including phenoxy) is 3. The van der Waals surface area contributed by atoms with E-state index in [0.29, 0.717) is 19.3 Å². The fourth-order valence-electron chi connectivity index (χ4n) is 9.83. The molecule has 0 saturated carbocycles. The van der Waals surface area contributed by atoms with Gasteiger partial charge in [-0.3, -0.25) is 14.4 Å². The highest BCUT2D eigenvalue weighted by Crippen LogP contribution is 2.18. The van der Waals surface area contributed by atoms with Gasteiger partial charge < -0.3 is 14.2 Å². The molecule has 0 amide bonds. The average Bonchev–Trinajstić information content (AvgIpc) is 3.42. The summed E-state index contributed by atoms with van der Waals surface area (Å²) in [7, 11) is 0. The zero-order chi connectivity index (χ0) is 55.0. The van der Waals surface area contributed by atoms with E-state index in [2.05, 4.69) is 81.5 Å². The summed E-state index contributed by atoms with van der Waals surface area (Å²) in [6.45, 7) is 6.58. The molecule has 442 valence electrons. The van der Waals surface area contributed by atoms with Crippen LogP contribution in [0.4, 0.5) is 0 Å². The summed E-state index contributed by atoms with van der Waals surface area (Å²) < 4.78 is 17.0. The normalized spacial score (nSPS) is 12.4. The standard InChI is InChI=1S/C70H126O6/c1-4-7-10-13-16-19-22-25-28-30-31-32-33-34-35-36-37-38-39-40-43-45-48-51-54-57-60-63-69(72)75-66-67(65-74-68(71)62-59-56-53-50-47-44-41-27-24-21-18-15-12-9-6-3)76-70(73)64-61-58-55-52-49-46-42-29-26-23-20-17-14-11-8-5-2/h7,10,16,19,25,28,31-32,34-35,67H,4-6,8-9,11-15,17-18,20-24,26-27,29-30,33,36-66H2,1-3H3/b10-7-,19-16-,28-25-,32-31-,35-34-. The molecule has 1 unspecified atom stereocenters. The number of esters is 3. The van der Waals surface area contributed by atoms with Crippen LogP contribution in [-0.2, 0) is 28.6 Å². The third-order valence-corrected chi connectivity index (χ3v) is 14.8. The summed E-state index contributed by atoms with van der Waals surface area (Å²) in [5, 5.41) is 0. The van der Waals surface area contributed by atoms with Crippen molar-refractivity contribution >= 4 is 17.9 Å². The van der Waals surface area contributed by atoms with Crippen molar-refractivity contribution in [3.05, 3.63) is 60.8 Å². The monoisotopic (exact) mass is 1060 g/mol. The van der Waals surface area contributed by atoms with E-state index in [9.17, 15) is 14.4 Å². The molecule has 6 heteroatoms. The molecular weight excluding hydrogens is 937 g/mol. The maximum atomic E-state index is 12.9. The van der Waals surface area contributed by atoms with E-state index in [-0.39, 0.29) is 31.1 Å². The predicted molar refractivity (Wildman–Crippen MR) is 330 cm³/mol. The molecule has 0 aliphatic heterocycles. The van der Waals surface area contributed by atoms with Crippen molar-refractivity contribution in [3.8, 4) is 0 Å². The molecule has 0 aromatic carbocycles. The Kier molecular flexibility index (Phi) is 62.2. The van der Waals surface area contributed by atoms with Gasteiger partial charge in [0, 0.05) is 19.3 Å². The van der Waals surface area contributed by atoms with E-state index in [1.165, 1.54) is 218 Å². The Morgan fingerprint density at radius 3 is 0.803 bits per heavy atom. The Morgan fingerprint density at radius 2 is 0.513 bits per heavy atom. The van der Waals surface area contributed by atoms with Gasteiger partial charge in [0.1, 0.15) is 13.2 Å². The van der Waals surface area contributed by atoms with Crippen LogP contribution in [0.3, 0.4) is 0 Å². The van der Waals surface area contributed by atoms with E-state index in [1.54, 1.807) is 0 Å². The quantitative estimate of drug-likeness (QED) is 0.0261. The largest absolute Gasteiger partial charge is 0.462 e. The summed E-state index contributed by atoms with van der Waals surface area (Å²) in [4.78, 5) is 38.4. The third-order valence-electron chi connectivity index (χ3n) is 14.8. The molecular formula is C70H126O6. The van der Waals surface area contributed by atoms with Crippen LogP contribution in [0.2, 0.25) is 0 Å². The van der Waals surface area contributed by atoms with Crippen molar-refractivity contribution in [2.45, 2.75) is 354 Å². The van der Waals surface area contributed by atoms with Gasteiger partial charge in [0.15, 0.2) is 6.10 Å². The lowest BCUT2D eigenvalue weighted by molar-refractivity contribution is -0.167. The number of rotatable bonds is 61. The lowest BCUT2D eigenvalue weighted by Crippen LogP contribution is -2.30. The molecule has 0 heterocycles. The molecule has 0 aromatic rings. The van der Waals surface area contributed by atoms with Gasteiger partial charge in [-0.2, -0.15) is 0 Å². The molecule has 76 heavy (non-hydrogen) atoms. The van der Waals surface area contributed by atoms with Gasteiger partial charge in [-0.1, -0.05) is 326 Å². The summed E-state index contributed by atoms with van der Waals surface area (Å²) in [6.07, 6.45) is 82.3. The molecule has 0 aromatic heterocycles. The second kappa shape index (κ2) is 64.6. The number of carbonyl (C=O) groups is 3. The first-order valence-corrected chi connectivity index (χ1v) is 33.3. The molecule has 0 fully saturated rings. The number of carbonyl (C=O) groups excluding carboxylic acids is 3. The number of hydrogen-bond donors (Lipinski definition) is 0. The highest BCUT2D eigenvalue weighted by molar-refractivity contribution is 5.71. The van der Waals surface area contributed by atoms with Crippen molar-refractivity contribution in [3.63, 3.8) is 0 Å². The van der Waals surface area contributed by atoms with Gasteiger partial charge in [-0.25, -0.2) is 0 Å². The van der Waals surface area contributed by atoms with Crippen molar-refractivity contribution in [1.82, 2.24) is 0 Å². The third kappa shape index (κ3) is 62.0. The van der Waals surface area contributed by atoms with Crippen LogP contribution in [0.1, 0.15) is 348 Å². The van der Waals surface area contributed by atoms with Crippen molar-refractivity contribution in [1.29, 1.82) is 0 Å². The highest BCUT2D eigenvalue weighted by atomic mass is 16.6. The number of hydrogen-bond acceptors (Lipinski definition) is 6. The average molecular weight is 1060 g/mol. The lowest BCUT2D eigenvalue weighted by atomic mass is 10.0. The first kappa shape index (κ1) is 73.1. The summed E-state index contributed by atoms with van der Waals surface area (Å²) in [5.74, 6) is -0.848. The molecule has 0 N–H and O–H groups in total. The first-order chi connectivity index (χ1) is 37.5. The summed E-state index contributed by atoms with van der Waals surface area (Å²) in [6, 6.07) is 0. The molecule has 0 saturated heterocycles. The Bertz CT molecular complexity index is 1360. The molecule has 0 spiro atoms.